The number of benzene rings is 1. The van der Waals surface area contributed by atoms with Gasteiger partial charge in [-0.3, -0.25) is 4.79 Å². The van der Waals surface area contributed by atoms with Crippen molar-refractivity contribution in [3.05, 3.63) is 23.8 Å². The molecule has 0 aliphatic rings. The highest BCUT2D eigenvalue weighted by Crippen LogP contribution is 2.26. The lowest BCUT2D eigenvalue weighted by Gasteiger charge is -2.09. The normalized spacial score (nSPS) is 10.2. The Bertz CT molecular complexity index is 366. The maximum Gasteiger partial charge on any atom is 0.187 e. The smallest absolute Gasteiger partial charge is 0.187 e. The van der Waals surface area contributed by atoms with Crippen molar-refractivity contribution >= 4 is 43.3 Å². The molecule has 0 fully saturated rings. The lowest BCUT2D eigenvalue weighted by molar-refractivity contribution is 0.101. The van der Waals surface area contributed by atoms with Gasteiger partial charge in [0, 0.05) is 12.6 Å². The molecule has 3 nitrogen and oxygen atoms in total. The third-order valence-electron chi connectivity index (χ3n) is 1.95. The SMILES string of the molecule is CNc1cc(C(=O)C(Br)Br)ccc1OC. The number of ether oxygens (including phenoxy) is 1. The molecule has 0 amide bonds. The molecule has 0 saturated heterocycles. The van der Waals surface area contributed by atoms with E-state index in [1.54, 1.807) is 32.4 Å². The Kier molecular flexibility index (Phi) is 4.60. The number of anilines is 1. The predicted molar refractivity (Wildman–Crippen MR) is 68.5 cm³/mol. The van der Waals surface area contributed by atoms with Crippen LogP contribution < -0.4 is 10.1 Å². The van der Waals surface area contributed by atoms with Crippen LogP contribution >= 0.6 is 31.9 Å². The molecule has 82 valence electrons. The van der Waals surface area contributed by atoms with Crippen molar-refractivity contribution in [1.82, 2.24) is 0 Å². The number of methoxy groups -OCH3 is 1. The van der Waals surface area contributed by atoms with Gasteiger partial charge >= 0.3 is 0 Å². The van der Waals surface area contributed by atoms with Crippen molar-refractivity contribution in [3.8, 4) is 5.75 Å². The monoisotopic (exact) mass is 335 g/mol. The van der Waals surface area contributed by atoms with Gasteiger partial charge in [-0.15, -0.1) is 0 Å². The fourth-order valence-electron chi connectivity index (χ4n) is 1.18. The van der Waals surface area contributed by atoms with Gasteiger partial charge in [0.15, 0.2) is 5.78 Å². The Morgan fingerprint density at radius 3 is 2.60 bits per heavy atom. The van der Waals surface area contributed by atoms with E-state index >= 15 is 0 Å². The van der Waals surface area contributed by atoms with Crippen LogP contribution in [0.3, 0.4) is 0 Å². The Hall–Kier alpha value is -0.550. The van der Waals surface area contributed by atoms with Crippen molar-refractivity contribution in [2.24, 2.45) is 0 Å². The van der Waals surface area contributed by atoms with Crippen LogP contribution in [-0.4, -0.2) is 23.7 Å². The largest absolute Gasteiger partial charge is 0.495 e. The molecule has 1 rings (SSSR count). The number of rotatable bonds is 4. The zero-order valence-electron chi connectivity index (χ0n) is 8.38. The minimum atomic E-state index is -0.358. The number of ketones is 1. The van der Waals surface area contributed by atoms with Gasteiger partial charge < -0.3 is 10.1 Å². The number of hydrogen-bond donors (Lipinski definition) is 1. The van der Waals surface area contributed by atoms with Gasteiger partial charge in [-0.1, -0.05) is 31.9 Å². The quantitative estimate of drug-likeness (QED) is 0.678. The van der Waals surface area contributed by atoms with Crippen LogP contribution in [0.5, 0.6) is 5.75 Å². The van der Waals surface area contributed by atoms with E-state index in [1.165, 1.54) is 0 Å². The van der Waals surface area contributed by atoms with Gasteiger partial charge in [-0.2, -0.15) is 0 Å². The van der Waals surface area contributed by atoms with Crippen molar-refractivity contribution in [1.29, 1.82) is 0 Å². The molecule has 0 aliphatic heterocycles. The Balaban J connectivity index is 3.08. The summed E-state index contributed by atoms with van der Waals surface area (Å²) in [7, 11) is 3.38. The first kappa shape index (κ1) is 12.5. The highest BCUT2D eigenvalue weighted by atomic mass is 79.9. The molecule has 1 aromatic carbocycles. The zero-order chi connectivity index (χ0) is 11.4. The van der Waals surface area contributed by atoms with Gasteiger partial charge in [-0.25, -0.2) is 0 Å². The maximum absolute atomic E-state index is 11.6. The minimum absolute atomic E-state index is 0.0193. The van der Waals surface area contributed by atoms with E-state index < -0.39 is 0 Å². The van der Waals surface area contributed by atoms with Crippen molar-refractivity contribution < 1.29 is 9.53 Å². The first-order chi connectivity index (χ1) is 7.10. The van der Waals surface area contributed by atoms with E-state index in [2.05, 4.69) is 37.2 Å². The van der Waals surface area contributed by atoms with Crippen molar-refractivity contribution in [2.75, 3.05) is 19.5 Å². The van der Waals surface area contributed by atoms with Crippen LogP contribution in [-0.2, 0) is 0 Å². The number of carbonyl (C=O) groups is 1. The molecule has 0 unspecified atom stereocenters. The molecule has 0 radical (unpaired) electrons. The Morgan fingerprint density at radius 2 is 2.13 bits per heavy atom. The molecule has 0 spiro atoms. The average Bonchev–Trinajstić information content (AvgIpc) is 2.26. The van der Waals surface area contributed by atoms with E-state index in [4.69, 9.17) is 4.74 Å². The number of alkyl halides is 2. The van der Waals surface area contributed by atoms with Gasteiger partial charge in [0.05, 0.1) is 12.8 Å². The summed E-state index contributed by atoms with van der Waals surface area (Å²) < 4.78 is 4.78. The van der Waals surface area contributed by atoms with E-state index in [1.807, 2.05) is 0 Å². The first-order valence-electron chi connectivity index (χ1n) is 4.28. The van der Waals surface area contributed by atoms with E-state index in [0.717, 1.165) is 11.4 Å². The van der Waals surface area contributed by atoms with Crippen molar-refractivity contribution in [3.63, 3.8) is 0 Å². The third-order valence-corrected chi connectivity index (χ3v) is 2.78. The molecular weight excluding hydrogens is 326 g/mol. The molecule has 5 heteroatoms. The standard InChI is InChI=1S/C10H11Br2NO2/c1-13-7-5-6(9(14)10(11)12)3-4-8(7)15-2/h3-5,10,13H,1-2H3. The fraction of sp³-hybridized carbons (Fsp3) is 0.300. The summed E-state index contributed by atoms with van der Waals surface area (Å²) in [6.45, 7) is 0. The molecule has 1 N–H and O–H groups in total. The average molecular weight is 337 g/mol. The second-order valence-electron chi connectivity index (χ2n) is 2.83. The molecule has 0 saturated carbocycles. The third kappa shape index (κ3) is 2.95. The Labute approximate surface area is 105 Å². The number of Topliss-reactive ketones (excluding diaryl/α,β-unsaturated/α-hetero) is 1. The summed E-state index contributed by atoms with van der Waals surface area (Å²) in [6, 6.07) is 5.26. The lowest BCUT2D eigenvalue weighted by Crippen LogP contribution is -2.07. The van der Waals surface area contributed by atoms with E-state index in [9.17, 15) is 4.79 Å². The summed E-state index contributed by atoms with van der Waals surface area (Å²) in [6.07, 6.45) is 0. The second-order valence-corrected chi connectivity index (χ2v) is 5.89. The number of halogens is 2. The van der Waals surface area contributed by atoms with Crippen LogP contribution in [0, 0.1) is 0 Å². The van der Waals surface area contributed by atoms with Crippen LogP contribution in [0.4, 0.5) is 5.69 Å². The van der Waals surface area contributed by atoms with Gasteiger partial charge in [0.25, 0.3) is 0 Å². The molecule has 0 bridgehead atoms. The van der Waals surface area contributed by atoms with Crippen LogP contribution in [0.25, 0.3) is 0 Å². The molecule has 15 heavy (non-hydrogen) atoms. The zero-order valence-corrected chi connectivity index (χ0v) is 11.6. The summed E-state index contributed by atoms with van der Waals surface area (Å²) in [5.74, 6) is 0.698. The predicted octanol–water partition coefficient (Wildman–Crippen LogP) is 3.04. The molecule has 0 aromatic heterocycles. The minimum Gasteiger partial charge on any atom is -0.495 e. The van der Waals surface area contributed by atoms with Crippen LogP contribution in [0.2, 0.25) is 0 Å². The maximum atomic E-state index is 11.6. The number of carbonyl (C=O) groups excluding carboxylic acids is 1. The molecule has 0 aliphatic carbocycles. The van der Waals surface area contributed by atoms with Gasteiger partial charge in [-0.05, 0) is 18.2 Å². The topological polar surface area (TPSA) is 38.3 Å². The highest BCUT2D eigenvalue weighted by molar-refractivity contribution is 9.25. The lowest BCUT2D eigenvalue weighted by atomic mass is 10.1. The summed E-state index contributed by atoms with van der Waals surface area (Å²) >= 11 is 6.35. The van der Waals surface area contributed by atoms with Crippen LogP contribution in [0.1, 0.15) is 10.4 Å². The van der Waals surface area contributed by atoms with E-state index in [-0.39, 0.29) is 9.52 Å². The van der Waals surface area contributed by atoms with Gasteiger partial charge in [0.1, 0.15) is 9.49 Å². The molecule has 0 atom stereocenters. The van der Waals surface area contributed by atoms with E-state index in [0.29, 0.717) is 5.56 Å². The number of nitrogens with one attached hydrogen (secondary N) is 1. The molecule has 1 aromatic rings. The van der Waals surface area contributed by atoms with Crippen LogP contribution in [0.15, 0.2) is 18.2 Å². The molecule has 0 heterocycles. The summed E-state index contributed by atoms with van der Waals surface area (Å²) in [5, 5.41) is 2.97. The second kappa shape index (κ2) is 5.51. The highest BCUT2D eigenvalue weighted by Gasteiger charge is 2.14. The number of hydrogen-bond acceptors (Lipinski definition) is 3. The summed E-state index contributed by atoms with van der Waals surface area (Å²) in [4.78, 5) is 11.6. The Morgan fingerprint density at radius 1 is 1.47 bits per heavy atom. The molecular formula is C10H11Br2NO2. The van der Waals surface area contributed by atoms with Crippen molar-refractivity contribution in [2.45, 2.75) is 3.74 Å². The first-order valence-corrected chi connectivity index (χ1v) is 6.11. The van der Waals surface area contributed by atoms with Gasteiger partial charge in [0.2, 0.25) is 0 Å². The fourth-order valence-corrected chi connectivity index (χ4v) is 1.71. The summed E-state index contributed by atoms with van der Waals surface area (Å²) in [5.41, 5.74) is 1.42.